The van der Waals surface area contributed by atoms with Crippen LogP contribution in [0.4, 0.5) is 0 Å². The number of piperazine rings is 1. The number of rotatable bonds is 4. The van der Waals surface area contributed by atoms with Crippen LogP contribution in [0.2, 0.25) is 0 Å². The van der Waals surface area contributed by atoms with Crippen molar-refractivity contribution in [2.45, 2.75) is 13.8 Å². The van der Waals surface area contributed by atoms with Crippen molar-refractivity contribution in [2.24, 2.45) is 0 Å². The van der Waals surface area contributed by atoms with Crippen LogP contribution in [-0.2, 0) is 4.79 Å². The molecule has 0 saturated carbocycles. The Kier molecular flexibility index (Phi) is 5.02. The molecule has 7 heteroatoms. The Hall–Kier alpha value is -2.83. The van der Waals surface area contributed by atoms with E-state index in [-0.39, 0.29) is 18.4 Å². The van der Waals surface area contributed by atoms with Crippen LogP contribution in [0.5, 0.6) is 5.75 Å². The van der Waals surface area contributed by atoms with E-state index in [1.807, 2.05) is 26.0 Å². The molecule has 0 atom stereocenters. The van der Waals surface area contributed by atoms with Crippen LogP contribution in [0.15, 0.2) is 30.6 Å². The Balaban J connectivity index is 1.49. The van der Waals surface area contributed by atoms with Crippen LogP contribution >= 0.6 is 0 Å². The van der Waals surface area contributed by atoms with Crippen molar-refractivity contribution in [3.05, 3.63) is 47.3 Å². The van der Waals surface area contributed by atoms with Crippen LogP contribution in [0.25, 0.3) is 0 Å². The number of nitrogens with one attached hydrogen (secondary N) is 1. The van der Waals surface area contributed by atoms with E-state index in [0.29, 0.717) is 37.5 Å². The summed E-state index contributed by atoms with van der Waals surface area (Å²) in [6.07, 6.45) is 3.09. The molecule has 1 fully saturated rings. The van der Waals surface area contributed by atoms with E-state index in [4.69, 9.17) is 4.74 Å². The summed E-state index contributed by atoms with van der Waals surface area (Å²) in [5, 5.41) is 6.43. The Morgan fingerprint density at radius 3 is 2.32 bits per heavy atom. The standard InChI is InChI=1S/C18H22N4O3/c1-13-7-14(2)9-16(8-13)25-12-17(23)21-3-5-22(6-4-21)18(24)15-10-19-20-11-15/h7-11H,3-6,12H2,1-2H3,(H,19,20). The average Bonchev–Trinajstić information content (AvgIpc) is 3.13. The number of H-pyrrole nitrogens is 1. The number of hydrogen-bond acceptors (Lipinski definition) is 4. The highest BCUT2D eigenvalue weighted by atomic mass is 16.5. The first-order valence-corrected chi connectivity index (χ1v) is 8.30. The number of carbonyl (C=O) groups excluding carboxylic acids is 2. The molecule has 1 aromatic heterocycles. The van der Waals surface area contributed by atoms with E-state index in [1.165, 1.54) is 6.20 Å². The van der Waals surface area contributed by atoms with Crippen LogP contribution in [0, 0.1) is 13.8 Å². The molecule has 1 aliphatic rings. The van der Waals surface area contributed by atoms with E-state index < -0.39 is 0 Å². The molecule has 3 rings (SSSR count). The Bertz CT molecular complexity index is 729. The zero-order valence-corrected chi connectivity index (χ0v) is 14.5. The van der Waals surface area contributed by atoms with Crippen molar-refractivity contribution < 1.29 is 14.3 Å². The molecule has 0 bridgehead atoms. The topological polar surface area (TPSA) is 78.5 Å². The number of ether oxygens (including phenoxy) is 1. The number of nitrogens with zero attached hydrogens (tertiary/aromatic N) is 3. The zero-order chi connectivity index (χ0) is 17.8. The number of hydrogen-bond donors (Lipinski definition) is 1. The second-order valence-corrected chi connectivity index (χ2v) is 6.27. The maximum atomic E-state index is 12.3. The van der Waals surface area contributed by atoms with Gasteiger partial charge in [-0.25, -0.2) is 0 Å². The summed E-state index contributed by atoms with van der Waals surface area (Å²) in [6, 6.07) is 5.90. The molecule has 0 unspecified atom stereocenters. The molecule has 0 aliphatic carbocycles. The van der Waals surface area contributed by atoms with Gasteiger partial charge in [0, 0.05) is 32.4 Å². The summed E-state index contributed by atoms with van der Waals surface area (Å²) in [4.78, 5) is 28.1. The lowest BCUT2D eigenvalue weighted by Gasteiger charge is -2.34. The highest BCUT2D eigenvalue weighted by Gasteiger charge is 2.25. The van der Waals surface area contributed by atoms with E-state index in [1.54, 1.807) is 16.0 Å². The fourth-order valence-corrected chi connectivity index (χ4v) is 2.96. The van der Waals surface area contributed by atoms with Crippen LogP contribution in [0.3, 0.4) is 0 Å². The van der Waals surface area contributed by atoms with Gasteiger partial charge in [0.1, 0.15) is 5.75 Å². The summed E-state index contributed by atoms with van der Waals surface area (Å²) < 4.78 is 5.63. The van der Waals surface area contributed by atoms with E-state index in [2.05, 4.69) is 16.3 Å². The molecule has 0 radical (unpaired) electrons. The molecule has 2 aromatic rings. The van der Waals surface area contributed by atoms with Crippen molar-refractivity contribution in [1.82, 2.24) is 20.0 Å². The van der Waals surface area contributed by atoms with Crippen LogP contribution in [-0.4, -0.2) is 64.6 Å². The molecule has 1 N–H and O–H groups in total. The molecular formula is C18H22N4O3. The number of carbonyl (C=O) groups is 2. The quantitative estimate of drug-likeness (QED) is 0.911. The van der Waals surface area contributed by atoms with Crippen molar-refractivity contribution >= 4 is 11.8 Å². The maximum Gasteiger partial charge on any atom is 0.260 e. The third-order valence-corrected chi connectivity index (χ3v) is 4.22. The summed E-state index contributed by atoms with van der Waals surface area (Å²) >= 11 is 0. The fourth-order valence-electron chi connectivity index (χ4n) is 2.96. The van der Waals surface area contributed by atoms with Gasteiger partial charge in [-0.3, -0.25) is 14.7 Å². The molecule has 2 amide bonds. The van der Waals surface area contributed by atoms with Crippen molar-refractivity contribution in [2.75, 3.05) is 32.8 Å². The number of aromatic amines is 1. The van der Waals surface area contributed by atoms with Gasteiger partial charge in [-0.2, -0.15) is 5.10 Å². The average molecular weight is 342 g/mol. The smallest absolute Gasteiger partial charge is 0.260 e. The number of benzene rings is 1. The summed E-state index contributed by atoms with van der Waals surface area (Å²) in [6.45, 7) is 6.06. The summed E-state index contributed by atoms with van der Waals surface area (Å²) in [5.41, 5.74) is 2.75. The fraction of sp³-hybridized carbons (Fsp3) is 0.389. The van der Waals surface area contributed by atoms with Gasteiger partial charge in [0.15, 0.2) is 6.61 Å². The maximum absolute atomic E-state index is 12.3. The Morgan fingerprint density at radius 1 is 1.08 bits per heavy atom. The third-order valence-electron chi connectivity index (χ3n) is 4.22. The summed E-state index contributed by atoms with van der Waals surface area (Å²) in [7, 11) is 0. The van der Waals surface area contributed by atoms with E-state index in [0.717, 1.165) is 11.1 Å². The highest BCUT2D eigenvalue weighted by molar-refractivity contribution is 5.93. The van der Waals surface area contributed by atoms with Gasteiger partial charge in [-0.05, 0) is 37.1 Å². The lowest BCUT2D eigenvalue weighted by Crippen LogP contribution is -2.51. The predicted octanol–water partition coefficient (Wildman–Crippen LogP) is 1.39. The lowest BCUT2D eigenvalue weighted by molar-refractivity contribution is -0.134. The first-order chi connectivity index (χ1) is 12.0. The molecule has 7 nitrogen and oxygen atoms in total. The molecule has 132 valence electrons. The van der Waals surface area contributed by atoms with Crippen molar-refractivity contribution in [1.29, 1.82) is 0 Å². The van der Waals surface area contributed by atoms with Crippen molar-refractivity contribution in [3.63, 3.8) is 0 Å². The molecule has 1 saturated heterocycles. The van der Waals surface area contributed by atoms with Gasteiger partial charge < -0.3 is 14.5 Å². The predicted molar refractivity (Wildman–Crippen MR) is 92.5 cm³/mol. The Labute approximate surface area is 146 Å². The summed E-state index contributed by atoms with van der Waals surface area (Å²) in [5.74, 6) is 0.585. The van der Waals surface area contributed by atoms with Gasteiger partial charge in [-0.1, -0.05) is 6.07 Å². The number of amides is 2. The van der Waals surface area contributed by atoms with Crippen LogP contribution in [0.1, 0.15) is 21.5 Å². The molecule has 25 heavy (non-hydrogen) atoms. The van der Waals surface area contributed by atoms with Gasteiger partial charge in [0.25, 0.3) is 11.8 Å². The monoisotopic (exact) mass is 342 g/mol. The van der Waals surface area contributed by atoms with E-state index in [9.17, 15) is 9.59 Å². The molecular weight excluding hydrogens is 320 g/mol. The molecule has 0 spiro atoms. The molecule has 1 aliphatic heterocycles. The Morgan fingerprint density at radius 2 is 1.72 bits per heavy atom. The molecule has 2 heterocycles. The minimum absolute atomic E-state index is 0.0125. The normalized spacial score (nSPS) is 14.5. The van der Waals surface area contributed by atoms with Gasteiger partial charge in [0.05, 0.1) is 11.8 Å². The van der Waals surface area contributed by atoms with Gasteiger partial charge >= 0.3 is 0 Å². The highest BCUT2D eigenvalue weighted by Crippen LogP contribution is 2.16. The SMILES string of the molecule is Cc1cc(C)cc(OCC(=O)N2CCN(C(=O)c3cn[nH]c3)CC2)c1. The number of aryl methyl sites for hydroxylation is 2. The second-order valence-electron chi connectivity index (χ2n) is 6.27. The van der Waals surface area contributed by atoms with E-state index >= 15 is 0 Å². The van der Waals surface area contributed by atoms with Crippen molar-refractivity contribution in [3.8, 4) is 5.75 Å². The molecule has 1 aromatic carbocycles. The minimum atomic E-state index is -0.0627. The first-order valence-electron chi connectivity index (χ1n) is 8.30. The largest absolute Gasteiger partial charge is 0.484 e. The first kappa shape index (κ1) is 17.0. The lowest BCUT2D eigenvalue weighted by atomic mass is 10.1. The van der Waals surface area contributed by atoms with Gasteiger partial charge in [0.2, 0.25) is 0 Å². The second kappa shape index (κ2) is 7.38. The minimum Gasteiger partial charge on any atom is -0.484 e. The van der Waals surface area contributed by atoms with Gasteiger partial charge in [-0.15, -0.1) is 0 Å². The number of aromatic nitrogens is 2. The van der Waals surface area contributed by atoms with Crippen LogP contribution < -0.4 is 4.74 Å². The third kappa shape index (κ3) is 4.17. The zero-order valence-electron chi connectivity index (χ0n) is 14.5.